The molecule has 4 nitrogen and oxygen atoms in total. The third kappa shape index (κ3) is 3.98. The number of thiazole rings is 1. The van der Waals surface area contributed by atoms with E-state index in [9.17, 15) is 4.79 Å². The van der Waals surface area contributed by atoms with Crippen molar-refractivity contribution in [3.8, 4) is 0 Å². The van der Waals surface area contributed by atoms with Crippen LogP contribution in [0.1, 0.15) is 35.5 Å². The zero-order valence-electron chi connectivity index (χ0n) is 13.5. The van der Waals surface area contributed by atoms with E-state index in [1.807, 2.05) is 10.3 Å². The monoisotopic (exact) mass is 329 g/mol. The van der Waals surface area contributed by atoms with Crippen LogP contribution >= 0.6 is 11.3 Å². The Morgan fingerprint density at radius 1 is 1.39 bits per heavy atom. The molecule has 23 heavy (non-hydrogen) atoms. The molecule has 1 fully saturated rings. The summed E-state index contributed by atoms with van der Waals surface area (Å²) in [6, 6.07) is 8.80. The van der Waals surface area contributed by atoms with E-state index >= 15 is 0 Å². The molecule has 1 amide bonds. The molecule has 1 unspecified atom stereocenters. The van der Waals surface area contributed by atoms with E-state index in [-0.39, 0.29) is 11.9 Å². The number of aromatic nitrogens is 1. The van der Waals surface area contributed by atoms with Gasteiger partial charge in [0.25, 0.3) is 0 Å². The summed E-state index contributed by atoms with van der Waals surface area (Å²) in [4.78, 5) is 19.0. The Balaban J connectivity index is 1.68. The minimum Gasteiger partial charge on any atom is -0.333 e. The molecule has 2 aromatic rings. The zero-order chi connectivity index (χ0) is 16.1. The lowest BCUT2D eigenvalue weighted by Crippen LogP contribution is -2.48. The highest BCUT2D eigenvalue weighted by Crippen LogP contribution is 2.24. The maximum Gasteiger partial charge on any atom is 0.223 e. The van der Waals surface area contributed by atoms with Gasteiger partial charge >= 0.3 is 0 Å². The van der Waals surface area contributed by atoms with E-state index in [0.29, 0.717) is 6.42 Å². The standard InChI is InChI=1S/C18H23N3OS/c1-2-14-3-5-15(6-4-14)16-13-19-9-11-21(16)18(22)8-7-17-20-10-12-23-17/h3-6,10,12,16,19H,2,7-9,11,13H2,1H3. The fraction of sp³-hybridized carbons (Fsp3) is 0.444. The van der Waals surface area contributed by atoms with E-state index in [2.05, 4.69) is 41.5 Å². The Morgan fingerprint density at radius 3 is 2.91 bits per heavy atom. The minimum atomic E-state index is 0.137. The Bertz CT molecular complexity index is 624. The van der Waals surface area contributed by atoms with Gasteiger partial charge in [-0.1, -0.05) is 31.2 Å². The number of aryl methyl sites for hydroxylation is 2. The van der Waals surface area contributed by atoms with Crippen molar-refractivity contribution in [1.82, 2.24) is 15.2 Å². The second kappa shape index (κ2) is 7.70. The fourth-order valence-corrected chi connectivity index (χ4v) is 3.63. The highest BCUT2D eigenvalue weighted by atomic mass is 32.1. The molecular weight excluding hydrogens is 306 g/mol. The van der Waals surface area contributed by atoms with Gasteiger partial charge < -0.3 is 10.2 Å². The lowest BCUT2D eigenvalue weighted by atomic mass is 10.0. The van der Waals surface area contributed by atoms with E-state index in [4.69, 9.17) is 0 Å². The molecule has 2 heterocycles. The molecule has 1 aromatic carbocycles. The summed E-state index contributed by atoms with van der Waals surface area (Å²) in [5, 5.41) is 6.41. The molecule has 3 rings (SSSR count). The van der Waals surface area contributed by atoms with E-state index in [1.54, 1.807) is 17.5 Å². The quantitative estimate of drug-likeness (QED) is 0.917. The molecule has 0 aliphatic carbocycles. The number of carbonyl (C=O) groups is 1. The summed E-state index contributed by atoms with van der Waals surface area (Å²) in [6.45, 7) is 4.63. The maximum atomic E-state index is 12.7. The van der Waals surface area contributed by atoms with Crippen LogP contribution in [-0.2, 0) is 17.6 Å². The molecule has 1 N–H and O–H groups in total. The smallest absolute Gasteiger partial charge is 0.223 e. The number of rotatable bonds is 5. The van der Waals surface area contributed by atoms with Crippen molar-refractivity contribution in [1.29, 1.82) is 0 Å². The van der Waals surface area contributed by atoms with E-state index < -0.39 is 0 Å². The van der Waals surface area contributed by atoms with Crippen molar-refractivity contribution < 1.29 is 4.79 Å². The van der Waals surface area contributed by atoms with Gasteiger partial charge in [-0.25, -0.2) is 4.98 Å². The van der Waals surface area contributed by atoms with Crippen molar-refractivity contribution >= 4 is 17.2 Å². The van der Waals surface area contributed by atoms with Gasteiger partial charge in [0.1, 0.15) is 0 Å². The summed E-state index contributed by atoms with van der Waals surface area (Å²) in [5.74, 6) is 0.228. The Hall–Kier alpha value is -1.72. The maximum absolute atomic E-state index is 12.7. The molecule has 0 saturated carbocycles. The molecule has 0 bridgehead atoms. The Labute approximate surface area is 141 Å². The lowest BCUT2D eigenvalue weighted by molar-refractivity contribution is -0.134. The van der Waals surface area contributed by atoms with Gasteiger partial charge in [-0.05, 0) is 17.5 Å². The van der Waals surface area contributed by atoms with Crippen LogP contribution in [0, 0.1) is 0 Å². The lowest BCUT2D eigenvalue weighted by Gasteiger charge is -2.36. The zero-order valence-corrected chi connectivity index (χ0v) is 14.3. The van der Waals surface area contributed by atoms with Crippen LogP contribution < -0.4 is 5.32 Å². The molecular formula is C18H23N3OS. The van der Waals surface area contributed by atoms with Crippen LogP contribution in [0.3, 0.4) is 0 Å². The number of piperazine rings is 1. The Morgan fingerprint density at radius 2 is 2.22 bits per heavy atom. The number of hydrogen-bond acceptors (Lipinski definition) is 4. The number of amides is 1. The van der Waals surface area contributed by atoms with Gasteiger partial charge in [-0.3, -0.25) is 4.79 Å². The van der Waals surface area contributed by atoms with Crippen LogP contribution in [0.2, 0.25) is 0 Å². The van der Waals surface area contributed by atoms with Crippen LogP contribution in [-0.4, -0.2) is 35.4 Å². The van der Waals surface area contributed by atoms with Crippen molar-refractivity contribution in [3.63, 3.8) is 0 Å². The molecule has 1 aromatic heterocycles. The predicted molar refractivity (Wildman–Crippen MR) is 93.6 cm³/mol. The number of carbonyl (C=O) groups excluding carboxylic acids is 1. The first-order chi connectivity index (χ1) is 11.3. The van der Waals surface area contributed by atoms with Crippen LogP contribution in [0.5, 0.6) is 0 Å². The average Bonchev–Trinajstić information content (AvgIpc) is 3.13. The fourth-order valence-electron chi connectivity index (χ4n) is 3.01. The third-order valence-corrected chi connectivity index (χ3v) is 5.21. The average molecular weight is 329 g/mol. The van der Waals surface area contributed by atoms with Crippen LogP contribution in [0.25, 0.3) is 0 Å². The summed E-state index contributed by atoms with van der Waals surface area (Å²) in [6.07, 6.45) is 4.12. The minimum absolute atomic E-state index is 0.137. The van der Waals surface area contributed by atoms with Gasteiger partial charge in [-0.2, -0.15) is 0 Å². The summed E-state index contributed by atoms with van der Waals surface area (Å²) >= 11 is 1.62. The van der Waals surface area contributed by atoms with Gasteiger partial charge in [0.2, 0.25) is 5.91 Å². The summed E-state index contributed by atoms with van der Waals surface area (Å²) < 4.78 is 0. The third-order valence-electron chi connectivity index (χ3n) is 4.37. The van der Waals surface area contributed by atoms with Gasteiger partial charge in [0.15, 0.2) is 0 Å². The first-order valence-corrected chi connectivity index (χ1v) is 9.13. The van der Waals surface area contributed by atoms with Gasteiger partial charge in [0, 0.05) is 44.1 Å². The topological polar surface area (TPSA) is 45.2 Å². The number of nitrogens with zero attached hydrogens (tertiary/aromatic N) is 2. The van der Waals surface area contributed by atoms with Crippen LogP contribution in [0.4, 0.5) is 0 Å². The van der Waals surface area contributed by atoms with Crippen molar-refractivity contribution in [2.75, 3.05) is 19.6 Å². The highest BCUT2D eigenvalue weighted by Gasteiger charge is 2.27. The molecule has 1 atom stereocenters. The second-order valence-corrected chi connectivity index (χ2v) is 6.81. The molecule has 0 spiro atoms. The second-order valence-electron chi connectivity index (χ2n) is 5.83. The van der Waals surface area contributed by atoms with Crippen molar-refractivity contribution in [3.05, 3.63) is 52.0 Å². The van der Waals surface area contributed by atoms with Crippen LogP contribution in [0.15, 0.2) is 35.8 Å². The van der Waals surface area contributed by atoms with Crippen molar-refractivity contribution in [2.24, 2.45) is 0 Å². The van der Waals surface area contributed by atoms with Gasteiger partial charge in [0.05, 0.1) is 11.0 Å². The molecule has 0 radical (unpaired) electrons. The van der Waals surface area contributed by atoms with E-state index in [1.165, 1.54) is 11.1 Å². The highest BCUT2D eigenvalue weighted by molar-refractivity contribution is 7.09. The number of nitrogens with one attached hydrogen (secondary N) is 1. The number of benzene rings is 1. The molecule has 1 aliphatic rings. The molecule has 1 saturated heterocycles. The molecule has 5 heteroatoms. The van der Waals surface area contributed by atoms with Crippen molar-refractivity contribution in [2.45, 2.75) is 32.2 Å². The predicted octanol–water partition coefficient (Wildman–Crippen LogP) is 2.81. The largest absolute Gasteiger partial charge is 0.333 e. The first kappa shape index (κ1) is 16.1. The van der Waals surface area contributed by atoms with E-state index in [0.717, 1.165) is 37.5 Å². The SMILES string of the molecule is CCc1ccc(C2CNCCN2C(=O)CCc2nccs2)cc1. The summed E-state index contributed by atoms with van der Waals surface area (Å²) in [5.41, 5.74) is 2.55. The first-order valence-electron chi connectivity index (χ1n) is 8.25. The number of hydrogen-bond donors (Lipinski definition) is 1. The Kier molecular flexibility index (Phi) is 5.41. The summed E-state index contributed by atoms with van der Waals surface area (Å²) in [7, 11) is 0. The molecule has 122 valence electrons. The van der Waals surface area contributed by atoms with Gasteiger partial charge in [-0.15, -0.1) is 11.3 Å². The molecule has 1 aliphatic heterocycles. The normalized spacial score (nSPS) is 18.1.